The molecule has 0 saturated heterocycles. The molecule has 0 bridgehead atoms. The van der Waals surface area contributed by atoms with Gasteiger partial charge >= 0.3 is 5.97 Å². The first-order valence-electron chi connectivity index (χ1n) is 7.48. The van der Waals surface area contributed by atoms with Crippen molar-refractivity contribution < 1.29 is 19.1 Å². The molecule has 0 unspecified atom stereocenters. The van der Waals surface area contributed by atoms with Gasteiger partial charge in [-0.2, -0.15) is 0 Å². The van der Waals surface area contributed by atoms with E-state index in [1.807, 2.05) is 6.92 Å². The summed E-state index contributed by atoms with van der Waals surface area (Å²) in [4.78, 5) is 40.3. The smallest absolute Gasteiger partial charge is 0.328 e. The third kappa shape index (κ3) is 3.88. The zero-order valence-corrected chi connectivity index (χ0v) is 14.0. The number of ether oxygens (including phenoxy) is 1. The van der Waals surface area contributed by atoms with Crippen molar-refractivity contribution in [1.82, 2.24) is 20.2 Å². The second-order valence-electron chi connectivity index (χ2n) is 6.70. The van der Waals surface area contributed by atoms with Crippen molar-refractivity contribution in [2.45, 2.75) is 58.8 Å². The summed E-state index contributed by atoms with van der Waals surface area (Å²) in [5, 5.41) is 5.27. The van der Waals surface area contributed by atoms with Crippen molar-refractivity contribution in [1.29, 1.82) is 0 Å². The molecule has 1 aromatic rings. The minimum atomic E-state index is -0.843. The van der Waals surface area contributed by atoms with Gasteiger partial charge in [-0.3, -0.25) is 9.59 Å². The number of amides is 2. The first kappa shape index (κ1) is 17.0. The van der Waals surface area contributed by atoms with Gasteiger partial charge in [0.1, 0.15) is 17.3 Å². The lowest BCUT2D eigenvalue weighted by Gasteiger charge is -2.23. The lowest BCUT2D eigenvalue weighted by Crippen LogP contribution is -2.45. The highest BCUT2D eigenvalue weighted by Gasteiger charge is 2.31. The maximum absolute atomic E-state index is 12.3. The zero-order chi connectivity index (χ0) is 17.4. The van der Waals surface area contributed by atoms with Crippen LogP contribution in [0.4, 0.5) is 0 Å². The Hall–Kier alpha value is -2.38. The predicted octanol–water partition coefficient (Wildman–Crippen LogP) is 0.475. The molecule has 8 heteroatoms. The Morgan fingerprint density at radius 2 is 2.13 bits per heavy atom. The van der Waals surface area contributed by atoms with Crippen LogP contribution in [0.2, 0.25) is 0 Å². The van der Waals surface area contributed by atoms with E-state index in [1.165, 1.54) is 13.3 Å². The number of carbonyl (C=O) groups is 3. The molecule has 23 heavy (non-hydrogen) atoms. The van der Waals surface area contributed by atoms with E-state index in [9.17, 15) is 14.4 Å². The summed E-state index contributed by atoms with van der Waals surface area (Å²) in [6, 6.07) is -0.870. The van der Waals surface area contributed by atoms with Gasteiger partial charge in [0, 0.05) is 12.6 Å². The summed E-state index contributed by atoms with van der Waals surface area (Å²) in [5.74, 6) is -1.48. The Morgan fingerprint density at radius 1 is 1.48 bits per heavy atom. The van der Waals surface area contributed by atoms with E-state index in [4.69, 9.17) is 4.74 Å². The minimum absolute atomic E-state index is 0.00445. The molecule has 0 spiro atoms. The van der Waals surface area contributed by atoms with Gasteiger partial charge in [0.2, 0.25) is 0 Å². The Balaban J connectivity index is 2.11. The Kier molecular flexibility index (Phi) is 4.44. The highest BCUT2D eigenvalue weighted by atomic mass is 16.6. The van der Waals surface area contributed by atoms with Gasteiger partial charge in [-0.05, 0) is 34.6 Å². The summed E-state index contributed by atoms with van der Waals surface area (Å²) in [6.07, 6.45) is 1.46. The maximum atomic E-state index is 12.3. The Morgan fingerprint density at radius 3 is 2.74 bits per heavy atom. The first-order valence-corrected chi connectivity index (χ1v) is 7.48. The molecule has 2 N–H and O–H groups in total. The van der Waals surface area contributed by atoms with Gasteiger partial charge < -0.3 is 19.9 Å². The van der Waals surface area contributed by atoms with Gasteiger partial charge in [-0.25, -0.2) is 9.78 Å². The predicted molar refractivity (Wildman–Crippen MR) is 81.9 cm³/mol. The van der Waals surface area contributed by atoms with E-state index in [0.29, 0.717) is 6.54 Å². The van der Waals surface area contributed by atoms with Crippen molar-refractivity contribution >= 4 is 17.8 Å². The average Bonchev–Trinajstić information content (AvgIpc) is 2.80. The molecule has 0 aliphatic carbocycles. The topological polar surface area (TPSA) is 102 Å². The number of nitrogens with one attached hydrogen (secondary N) is 2. The molecular formula is C15H22N4O4. The Bertz CT molecular complexity index is 644. The van der Waals surface area contributed by atoms with Crippen LogP contribution in [-0.4, -0.2) is 45.0 Å². The highest BCUT2D eigenvalue weighted by molar-refractivity contribution is 6.06. The summed E-state index contributed by atoms with van der Waals surface area (Å²) in [7, 11) is 0. The largest absolute Gasteiger partial charge is 0.458 e. The summed E-state index contributed by atoms with van der Waals surface area (Å²) in [5.41, 5.74) is -0.429. The number of aromatic nitrogens is 2. The summed E-state index contributed by atoms with van der Waals surface area (Å²) >= 11 is 0. The normalized spacial score (nSPS) is 18.7. The summed E-state index contributed by atoms with van der Waals surface area (Å²) < 4.78 is 6.84. The van der Waals surface area contributed by atoms with E-state index in [1.54, 1.807) is 25.3 Å². The van der Waals surface area contributed by atoms with Crippen LogP contribution in [0.15, 0.2) is 6.33 Å². The van der Waals surface area contributed by atoms with Crippen molar-refractivity contribution in [2.75, 3.05) is 0 Å². The standard InChI is InChI=1S/C15H22N4O4/c1-8-6-19-7-16-10(11(19)13(21)17-8)12(20)18-9(2)14(22)23-15(3,4)5/h7-9H,6H2,1-5H3,(H,17,21)(H,18,20)/t8-,9+/m1/s1. The van der Waals surface area contributed by atoms with Gasteiger partial charge in [-0.15, -0.1) is 0 Å². The van der Waals surface area contributed by atoms with Crippen LogP contribution in [0.3, 0.4) is 0 Å². The molecule has 0 fully saturated rings. The molecule has 1 aliphatic heterocycles. The molecular weight excluding hydrogens is 300 g/mol. The number of fused-ring (bicyclic) bond motifs is 1. The van der Waals surface area contributed by atoms with Crippen LogP contribution < -0.4 is 10.6 Å². The molecule has 126 valence electrons. The zero-order valence-electron chi connectivity index (χ0n) is 14.0. The molecule has 1 aromatic heterocycles. The Labute approximate surface area is 134 Å². The monoisotopic (exact) mass is 322 g/mol. The average molecular weight is 322 g/mol. The van der Waals surface area contributed by atoms with Crippen LogP contribution in [0.1, 0.15) is 55.6 Å². The molecule has 0 radical (unpaired) electrons. The fourth-order valence-corrected chi connectivity index (χ4v) is 2.27. The number of imidazole rings is 1. The second-order valence-corrected chi connectivity index (χ2v) is 6.70. The minimum Gasteiger partial charge on any atom is -0.458 e. The fraction of sp³-hybridized carbons (Fsp3) is 0.600. The van der Waals surface area contributed by atoms with Crippen molar-refractivity contribution in [3.8, 4) is 0 Å². The molecule has 0 aromatic carbocycles. The van der Waals surface area contributed by atoms with Crippen LogP contribution in [-0.2, 0) is 16.1 Å². The third-order valence-electron chi connectivity index (χ3n) is 3.22. The van der Waals surface area contributed by atoms with E-state index in [-0.39, 0.29) is 23.3 Å². The van der Waals surface area contributed by atoms with Crippen LogP contribution in [0, 0.1) is 0 Å². The molecule has 0 saturated carbocycles. The third-order valence-corrected chi connectivity index (χ3v) is 3.22. The van der Waals surface area contributed by atoms with Gasteiger partial charge in [0.15, 0.2) is 5.69 Å². The summed E-state index contributed by atoms with van der Waals surface area (Å²) in [6.45, 7) is 9.18. The molecule has 2 rings (SSSR count). The van der Waals surface area contributed by atoms with E-state index in [0.717, 1.165) is 0 Å². The number of carbonyl (C=O) groups excluding carboxylic acids is 3. The molecule has 2 atom stereocenters. The van der Waals surface area contributed by atoms with E-state index < -0.39 is 23.5 Å². The van der Waals surface area contributed by atoms with Gasteiger partial charge in [0.25, 0.3) is 11.8 Å². The molecule has 2 amide bonds. The molecule has 2 heterocycles. The van der Waals surface area contributed by atoms with Crippen molar-refractivity contribution in [3.05, 3.63) is 17.7 Å². The second kappa shape index (κ2) is 6.02. The lowest BCUT2D eigenvalue weighted by molar-refractivity contribution is -0.156. The number of hydrogen-bond acceptors (Lipinski definition) is 5. The van der Waals surface area contributed by atoms with Crippen LogP contribution in [0.25, 0.3) is 0 Å². The SMILES string of the molecule is C[C@@H]1Cn2cnc(C(=O)N[C@@H](C)C(=O)OC(C)(C)C)c2C(=O)N1. The van der Waals surface area contributed by atoms with Crippen LogP contribution >= 0.6 is 0 Å². The first-order chi connectivity index (χ1) is 10.6. The van der Waals surface area contributed by atoms with Gasteiger partial charge in [-0.1, -0.05) is 0 Å². The van der Waals surface area contributed by atoms with Crippen LogP contribution in [0.5, 0.6) is 0 Å². The number of esters is 1. The highest BCUT2D eigenvalue weighted by Crippen LogP contribution is 2.14. The van der Waals surface area contributed by atoms with Crippen molar-refractivity contribution in [3.63, 3.8) is 0 Å². The van der Waals surface area contributed by atoms with E-state index >= 15 is 0 Å². The van der Waals surface area contributed by atoms with Gasteiger partial charge in [0.05, 0.1) is 6.33 Å². The fourth-order valence-electron chi connectivity index (χ4n) is 2.27. The number of rotatable bonds is 3. The maximum Gasteiger partial charge on any atom is 0.328 e. The van der Waals surface area contributed by atoms with E-state index in [2.05, 4.69) is 15.6 Å². The molecule has 8 nitrogen and oxygen atoms in total. The lowest BCUT2D eigenvalue weighted by atomic mass is 10.2. The molecule has 1 aliphatic rings. The quantitative estimate of drug-likeness (QED) is 0.788. The van der Waals surface area contributed by atoms with Crippen molar-refractivity contribution in [2.24, 2.45) is 0 Å². The number of hydrogen-bond donors (Lipinski definition) is 2. The number of nitrogens with zero attached hydrogens (tertiary/aromatic N) is 2.